The van der Waals surface area contributed by atoms with Crippen molar-refractivity contribution < 1.29 is 22.7 Å². The van der Waals surface area contributed by atoms with E-state index < -0.39 is 23.4 Å². The van der Waals surface area contributed by atoms with Crippen LogP contribution in [-0.4, -0.2) is 15.7 Å². The van der Waals surface area contributed by atoms with Crippen molar-refractivity contribution in [3.8, 4) is 5.75 Å². The molecular formula is C19H15ClF3N3O2. The van der Waals surface area contributed by atoms with Crippen LogP contribution in [0.25, 0.3) is 0 Å². The topological polar surface area (TPSA) is 56.1 Å². The van der Waals surface area contributed by atoms with Crippen molar-refractivity contribution in [2.24, 2.45) is 0 Å². The number of nitrogens with zero attached hydrogens (tertiary/aromatic N) is 2. The van der Waals surface area contributed by atoms with Crippen molar-refractivity contribution in [2.45, 2.75) is 20.6 Å². The number of carbonyl (C=O) groups is 1. The van der Waals surface area contributed by atoms with Crippen LogP contribution in [0.15, 0.2) is 36.4 Å². The first kappa shape index (κ1) is 19.8. The Morgan fingerprint density at radius 1 is 1.18 bits per heavy atom. The number of anilines is 1. The van der Waals surface area contributed by atoms with Gasteiger partial charge in [0.1, 0.15) is 11.6 Å². The normalized spacial score (nSPS) is 10.8. The van der Waals surface area contributed by atoms with E-state index >= 15 is 0 Å². The quantitative estimate of drug-likeness (QED) is 0.612. The molecule has 0 atom stereocenters. The molecule has 9 heteroatoms. The average molecular weight is 410 g/mol. The van der Waals surface area contributed by atoms with Crippen molar-refractivity contribution in [1.82, 2.24) is 9.78 Å². The smallest absolute Gasteiger partial charge is 0.257 e. The lowest BCUT2D eigenvalue weighted by atomic mass is 10.2. The molecule has 146 valence electrons. The Hall–Kier alpha value is -3.00. The average Bonchev–Trinajstić information content (AvgIpc) is 2.90. The zero-order chi connectivity index (χ0) is 20.4. The molecule has 1 aromatic heterocycles. The summed E-state index contributed by atoms with van der Waals surface area (Å²) >= 11 is 5.84. The van der Waals surface area contributed by atoms with Gasteiger partial charge in [-0.25, -0.2) is 17.9 Å². The third-order valence-electron chi connectivity index (χ3n) is 4.02. The van der Waals surface area contributed by atoms with Gasteiger partial charge in [-0.3, -0.25) is 4.79 Å². The molecule has 3 aromatic rings. The molecular weight excluding hydrogens is 395 g/mol. The third kappa shape index (κ3) is 4.12. The fourth-order valence-corrected chi connectivity index (χ4v) is 2.81. The maximum absolute atomic E-state index is 13.4. The molecule has 1 N–H and O–H groups in total. The third-order valence-corrected chi connectivity index (χ3v) is 4.34. The van der Waals surface area contributed by atoms with Gasteiger partial charge in [-0.1, -0.05) is 17.7 Å². The van der Waals surface area contributed by atoms with Crippen molar-refractivity contribution in [3.63, 3.8) is 0 Å². The Morgan fingerprint density at radius 2 is 1.89 bits per heavy atom. The van der Waals surface area contributed by atoms with Gasteiger partial charge in [-0.15, -0.1) is 0 Å². The van der Waals surface area contributed by atoms with E-state index in [1.807, 2.05) is 0 Å². The molecule has 0 saturated heterocycles. The number of nitrogens with one attached hydrogen (secondary N) is 1. The Labute approximate surface area is 163 Å². The number of halogens is 4. The number of aryl methyl sites for hydroxylation is 1. The number of hydrogen-bond donors (Lipinski definition) is 1. The van der Waals surface area contributed by atoms with E-state index in [-0.39, 0.29) is 17.3 Å². The van der Waals surface area contributed by atoms with E-state index in [4.69, 9.17) is 16.3 Å². The van der Waals surface area contributed by atoms with Crippen LogP contribution in [0.5, 0.6) is 5.75 Å². The van der Waals surface area contributed by atoms with E-state index in [0.717, 1.165) is 12.1 Å². The molecule has 5 nitrogen and oxygen atoms in total. The van der Waals surface area contributed by atoms with Gasteiger partial charge in [0.15, 0.2) is 18.4 Å². The van der Waals surface area contributed by atoms with Crippen LogP contribution in [0.1, 0.15) is 21.7 Å². The van der Waals surface area contributed by atoms with Crippen LogP contribution in [0.3, 0.4) is 0 Å². The standard InChI is InChI=1S/C19H15ClF3N3O2/c1-10-18(24-19(27)14-7-16(22)17(23)8-15(14)20)11(2)26(25-10)9-28-13-5-3-4-12(21)6-13/h3-8H,9H2,1-2H3,(H,24,27). The number of hydrogen-bond acceptors (Lipinski definition) is 3. The van der Waals surface area contributed by atoms with Crippen molar-refractivity contribution in [2.75, 3.05) is 5.32 Å². The summed E-state index contributed by atoms with van der Waals surface area (Å²) in [6.07, 6.45) is 0. The van der Waals surface area contributed by atoms with Gasteiger partial charge in [-0.05, 0) is 38.1 Å². The Kier molecular flexibility index (Phi) is 5.60. The van der Waals surface area contributed by atoms with Crippen LogP contribution in [0.4, 0.5) is 18.9 Å². The lowest BCUT2D eigenvalue weighted by Gasteiger charge is -2.10. The largest absolute Gasteiger partial charge is 0.471 e. The monoisotopic (exact) mass is 409 g/mol. The molecule has 0 radical (unpaired) electrons. The molecule has 1 amide bonds. The number of carbonyl (C=O) groups excluding carboxylic acids is 1. The first-order valence-electron chi connectivity index (χ1n) is 8.14. The molecule has 3 rings (SSSR count). The molecule has 0 aliphatic heterocycles. The predicted octanol–water partition coefficient (Wildman–Crippen LogP) is 4.86. The molecule has 0 saturated carbocycles. The number of aromatic nitrogens is 2. The first-order valence-corrected chi connectivity index (χ1v) is 8.52. The van der Waals surface area contributed by atoms with Gasteiger partial charge < -0.3 is 10.1 Å². The van der Waals surface area contributed by atoms with Crippen LogP contribution in [0, 0.1) is 31.3 Å². The molecule has 0 aliphatic rings. The second-order valence-electron chi connectivity index (χ2n) is 5.98. The molecule has 1 heterocycles. The Balaban J connectivity index is 1.78. The maximum atomic E-state index is 13.4. The lowest BCUT2D eigenvalue weighted by Crippen LogP contribution is -2.15. The number of benzene rings is 2. The number of amides is 1. The van der Waals surface area contributed by atoms with Crippen molar-refractivity contribution in [3.05, 3.63) is 75.8 Å². The summed E-state index contributed by atoms with van der Waals surface area (Å²) in [7, 11) is 0. The van der Waals surface area contributed by atoms with E-state index in [1.54, 1.807) is 19.9 Å². The highest BCUT2D eigenvalue weighted by Crippen LogP contribution is 2.24. The second kappa shape index (κ2) is 7.93. The fourth-order valence-electron chi connectivity index (χ4n) is 2.57. The number of rotatable bonds is 5. The molecule has 28 heavy (non-hydrogen) atoms. The number of ether oxygens (including phenoxy) is 1. The van der Waals surface area contributed by atoms with Crippen LogP contribution < -0.4 is 10.1 Å². The molecule has 0 unspecified atom stereocenters. The lowest BCUT2D eigenvalue weighted by molar-refractivity contribution is 0.102. The molecule has 0 bridgehead atoms. The van der Waals surface area contributed by atoms with Gasteiger partial charge in [0.05, 0.1) is 27.7 Å². The van der Waals surface area contributed by atoms with Crippen LogP contribution >= 0.6 is 11.6 Å². The summed E-state index contributed by atoms with van der Waals surface area (Å²) < 4.78 is 46.8. The minimum atomic E-state index is -1.18. The first-order chi connectivity index (χ1) is 13.3. The highest BCUT2D eigenvalue weighted by atomic mass is 35.5. The van der Waals surface area contributed by atoms with Gasteiger partial charge >= 0.3 is 0 Å². The van der Waals surface area contributed by atoms with Crippen molar-refractivity contribution >= 4 is 23.2 Å². The Morgan fingerprint density at radius 3 is 2.61 bits per heavy atom. The summed E-state index contributed by atoms with van der Waals surface area (Å²) in [4.78, 5) is 12.4. The molecule has 0 fully saturated rings. The highest BCUT2D eigenvalue weighted by Gasteiger charge is 2.19. The summed E-state index contributed by atoms with van der Waals surface area (Å²) in [5.74, 6) is -3.13. The second-order valence-corrected chi connectivity index (χ2v) is 6.38. The van der Waals surface area contributed by atoms with Crippen molar-refractivity contribution in [1.29, 1.82) is 0 Å². The zero-order valence-corrected chi connectivity index (χ0v) is 15.6. The highest BCUT2D eigenvalue weighted by molar-refractivity contribution is 6.34. The SMILES string of the molecule is Cc1nn(COc2cccc(F)c2)c(C)c1NC(=O)c1cc(F)c(F)cc1Cl. The Bertz CT molecular complexity index is 1050. The fraction of sp³-hybridized carbons (Fsp3) is 0.158. The maximum Gasteiger partial charge on any atom is 0.257 e. The van der Waals surface area contributed by atoms with Gasteiger partial charge in [-0.2, -0.15) is 5.10 Å². The molecule has 2 aromatic carbocycles. The summed E-state index contributed by atoms with van der Waals surface area (Å²) in [6, 6.07) is 7.12. The zero-order valence-electron chi connectivity index (χ0n) is 14.9. The van der Waals surface area contributed by atoms with Gasteiger partial charge in [0, 0.05) is 6.07 Å². The predicted molar refractivity (Wildman–Crippen MR) is 98.1 cm³/mol. The summed E-state index contributed by atoms with van der Waals surface area (Å²) in [5, 5.41) is 6.65. The minimum absolute atomic E-state index is 0.0159. The van der Waals surface area contributed by atoms with Crippen LogP contribution in [-0.2, 0) is 6.73 Å². The van der Waals surface area contributed by atoms with E-state index in [0.29, 0.717) is 22.8 Å². The summed E-state index contributed by atoms with van der Waals surface area (Å²) in [5.41, 5.74) is 1.21. The van der Waals surface area contributed by atoms with E-state index in [1.165, 1.54) is 22.9 Å². The van der Waals surface area contributed by atoms with Gasteiger partial charge in [0.25, 0.3) is 5.91 Å². The molecule has 0 aliphatic carbocycles. The summed E-state index contributed by atoms with van der Waals surface area (Å²) in [6.45, 7) is 3.34. The minimum Gasteiger partial charge on any atom is -0.471 e. The van der Waals surface area contributed by atoms with Crippen LogP contribution in [0.2, 0.25) is 5.02 Å². The van der Waals surface area contributed by atoms with E-state index in [2.05, 4.69) is 10.4 Å². The van der Waals surface area contributed by atoms with E-state index in [9.17, 15) is 18.0 Å². The molecule has 0 spiro atoms. The van der Waals surface area contributed by atoms with Gasteiger partial charge in [0.2, 0.25) is 0 Å².